The number of aryl methyl sites for hydroxylation is 1. The fourth-order valence-corrected chi connectivity index (χ4v) is 3.46. The van der Waals surface area contributed by atoms with Gasteiger partial charge in [-0.25, -0.2) is 0 Å². The second kappa shape index (κ2) is 6.50. The van der Waals surface area contributed by atoms with Crippen molar-refractivity contribution in [3.05, 3.63) is 55.7 Å². The average Bonchev–Trinajstić information content (AvgIpc) is 2.82. The first-order valence-electron chi connectivity index (χ1n) is 6.48. The minimum atomic E-state index is -4.37. The van der Waals surface area contributed by atoms with Gasteiger partial charge in [0.25, 0.3) is 0 Å². The number of nitrogens with one attached hydrogen (secondary N) is 1. The molecule has 1 N–H and O–H groups in total. The van der Waals surface area contributed by atoms with Crippen molar-refractivity contribution in [3.8, 4) is 0 Å². The van der Waals surface area contributed by atoms with E-state index in [9.17, 15) is 13.2 Å². The van der Waals surface area contributed by atoms with E-state index in [1.807, 2.05) is 25.3 Å². The first kappa shape index (κ1) is 16.5. The summed E-state index contributed by atoms with van der Waals surface area (Å²) in [7, 11) is 0. The third kappa shape index (κ3) is 3.67. The van der Waals surface area contributed by atoms with E-state index in [2.05, 4.69) is 21.2 Å². The number of halogens is 4. The van der Waals surface area contributed by atoms with Gasteiger partial charge in [0.2, 0.25) is 0 Å². The van der Waals surface area contributed by atoms with Crippen LogP contribution in [0.5, 0.6) is 0 Å². The summed E-state index contributed by atoms with van der Waals surface area (Å²) in [5.41, 5.74) is 1.00. The Kier molecular flexibility index (Phi) is 5.11. The van der Waals surface area contributed by atoms with E-state index in [0.717, 1.165) is 10.4 Å². The second-order valence-corrected chi connectivity index (χ2v) is 6.63. The van der Waals surface area contributed by atoms with Crippen LogP contribution in [0.3, 0.4) is 0 Å². The number of thiophene rings is 1. The third-order valence-electron chi connectivity index (χ3n) is 3.25. The monoisotopic (exact) mass is 377 g/mol. The SMILES string of the molecule is CCNC(c1ccc(Br)c(C(F)(F)F)c1)c1ccsc1C. The Morgan fingerprint density at radius 1 is 1.29 bits per heavy atom. The second-order valence-electron chi connectivity index (χ2n) is 4.66. The van der Waals surface area contributed by atoms with Crippen LogP contribution in [0.25, 0.3) is 0 Å². The summed E-state index contributed by atoms with van der Waals surface area (Å²) >= 11 is 4.57. The maximum Gasteiger partial charge on any atom is 0.417 e. The highest BCUT2D eigenvalue weighted by Crippen LogP contribution is 2.37. The Hall–Kier alpha value is -0.850. The van der Waals surface area contributed by atoms with E-state index < -0.39 is 11.7 Å². The molecule has 0 bridgehead atoms. The van der Waals surface area contributed by atoms with Crippen LogP contribution in [0.1, 0.15) is 34.5 Å². The lowest BCUT2D eigenvalue weighted by atomic mass is 9.97. The minimum Gasteiger partial charge on any atom is -0.306 e. The van der Waals surface area contributed by atoms with E-state index in [1.165, 1.54) is 12.1 Å². The molecule has 0 fully saturated rings. The number of rotatable bonds is 4. The number of hydrogen-bond acceptors (Lipinski definition) is 2. The molecule has 0 spiro atoms. The van der Waals surface area contributed by atoms with Gasteiger partial charge in [0.15, 0.2) is 0 Å². The molecule has 0 aliphatic rings. The maximum absolute atomic E-state index is 13.1. The molecule has 1 aromatic heterocycles. The largest absolute Gasteiger partial charge is 0.417 e. The summed E-state index contributed by atoms with van der Waals surface area (Å²) in [5.74, 6) is 0. The molecular formula is C15H15BrF3NS. The van der Waals surface area contributed by atoms with Gasteiger partial charge in [-0.2, -0.15) is 13.2 Å². The zero-order valence-electron chi connectivity index (χ0n) is 11.6. The molecule has 0 saturated heterocycles. The summed E-state index contributed by atoms with van der Waals surface area (Å²) in [6.07, 6.45) is -4.37. The van der Waals surface area contributed by atoms with Crippen molar-refractivity contribution in [2.45, 2.75) is 26.1 Å². The molecule has 0 aliphatic carbocycles. The molecule has 6 heteroatoms. The van der Waals surface area contributed by atoms with E-state index in [-0.39, 0.29) is 10.5 Å². The molecule has 0 saturated carbocycles. The lowest BCUT2D eigenvalue weighted by molar-refractivity contribution is -0.138. The molecule has 114 valence electrons. The molecular weight excluding hydrogens is 363 g/mol. The van der Waals surface area contributed by atoms with E-state index >= 15 is 0 Å². The molecule has 1 unspecified atom stereocenters. The van der Waals surface area contributed by atoms with E-state index in [0.29, 0.717) is 12.1 Å². The molecule has 1 heterocycles. The predicted octanol–water partition coefficient (Wildman–Crippen LogP) is 5.54. The van der Waals surface area contributed by atoms with Gasteiger partial charge in [-0.05, 0) is 48.2 Å². The van der Waals surface area contributed by atoms with Crippen LogP contribution in [-0.4, -0.2) is 6.54 Å². The smallest absolute Gasteiger partial charge is 0.306 e. The van der Waals surface area contributed by atoms with Crippen molar-refractivity contribution in [2.75, 3.05) is 6.54 Å². The fraction of sp³-hybridized carbons (Fsp3) is 0.333. The molecule has 2 rings (SSSR count). The maximum atomic E-state index is 13.1. The van der Waals surface area contributed by atoms with Crippen LogP contribution in [0.4, 0.5) is 13.2 Å². The zero-order valence-corrected chi connectivity index (χ0v) is 14.0. The van der Waals surface area contributed by atoms with Gasteiger partial charge in [-0.15, -0.1) is 11.3 Å². The number of hydrogen-bond donors (Lipinski definition) is 1. The Labute approximate surface area is 134 Å². The number of benzene rings is 1. The molecule has 0 radical (unpaired) electrons. The van der Waals surface area contributed by atoms with E-state index in [4.69, 9.17) is 0 Å². The summed E-state index contributed by atoms with van der Waals surface area (Å²) in [4.78, 5) is 1.11. The van der Waals surface area contributed by atoms with Crippen LogP contribution in [0.2, 0.25) is 0 Å². The van der Waals surface area contributed by atoms with Gasteiger partial charge in [-0.3, -0.25) is 0 Å². The fourth-order valence-electron chi connectivity index (χ4n) is 2.25. The van der Waals surface area contributed by atoms with Crippen LogP contribution < -0.4 is 5.32 Å². The predicted molar refractivity (Wildman–Crippen MR) is 83.7 cm³/mol. The Morgan fingerprint density at radius 3 is 2.52 bits per heavy atom. The van der Waals surface area contributed by atoms with Crippen molar-refractivity contribution in [3.63, 3.8) is 0 Å². The van der Waals surface area contributed by atoms with Crippen molar-refractivity contribution >= 4 is 27.3 Å². The molecule has 1 atom stereocenters. The lowest BCUT2D eigenvalue weighted by Crippen LogP contribution is -2.22. The molecule has 1 aromatic carbocycles. The highest BCUT2D eigenvalue weighted by atomic mass is 79.9. The standard InChI is InChI=1S/C15H15BrF3NS/c1-3-20-14(11-6-7-21-9(11)2)10-4-5-13(16)12(8-10)15(17,18)19/h4-8,14,20H,3H2,1-2H3. The van der Waals surface area contributed by atoms with Gasteiger partial charge < -0.3 is 5.32 Å². The molecule has 0 amide bonds. The molecule has 0 aliphatic heterocycles. The van der Waals surface area contributed by atoms with Gasteiger partial charge in [0.1, 0.15) is 0 Å². The van der Waals surface area contributed by atoms with Crippen LogP contribution in [0, 0.1) is 6.92 Å². The number of alkyl halides is 3. The van der Waals surface area contributed by atoms with Gasteiger partial charge >= 0.3 is 6.18 Å². The quantitative estimate of drug-likeness (QED) is 0.737. The van der Waals surface area contributed by atoms with Crippen LogP contribution in [0.15, 0.2) is 34.1 Å². The van der Waals surface area contributed by atoms with Gasteiger partial charge in [0, 0.05) is 9.35 Å². The summed E-state index contributed by atoms with van der Waals surface area (Å²) < 4.78 is 39.2. The summed E-state index contributed by atoms with van der Waals surface area (Å²) in [6.45, 7) is 4.60. The Balaban J connectivity index is 2.49. The van der Waals surface area contributed by atoms with Crippen molar-refractivity contribution in [2.24, 2.45) is 0 Å². The summed E-state index contributed by atoms with van der Waals surface area (Å²) in [5, 5.41) is 5.22. The lowest BCUT2D eigenvalue weighted by Gasteiger charge is -2.20. The minimum absolute atomic E-state index is 0.0658. The molecule has 1 nitrogen and oxygen atoms in total. The van der Waals surface area contributed by atoms with Crippen molar-refractivity contribution in [1.29, 1.82) is 0 Å². The van der Waals surface area contributed by atoms with Crippen LogP contribution in [-0.2, 0) is 6.18 Å². The summed E-state index contributed by atoms with van der Waals surface area (Å²) in [6, 6.07) is 6.14. The van der Waals surface area contributed by atoms with Crippen molar-refractivity contribution < 1.29 is 13.2 Å². The highest BCUT2D eigenvalue weighted by molar-refractivity contribution is 9.10. The van der Waals surface area contributed by atoms with E-state index in [1.54, 1.807) is 17.4 Å². The Bertz CT molecular complexity index is 622. The zero-order chi connectivity index (χ0) is 15.6. The molecule has 2 aromatic rings. The normalized spacial score (nSPS) is 13.4. The first-order chi connectivity index (χ1) is 9.84. The van der Waals surface area contributed by atoms with Crippen LogP contribution >= 0.6 is 27.3 Å². The topological polar surface area (TPSA) is 12.0 Å². The van der Waals surface area contributed by atoms with Gasteiger partial charge in [-0.1, -0.05) is 28.9 Å². The average molecular weight is 378 g/mol. The first-order valence-corrected chi connectivity index (χ1v) is 8.16. The Morgan fingerprint density at radius 2 is 2.00 bits per heavy atom. The molecule has 21 heavy (non-hydrogen) atoms. The highest BCUT2D eigenvalue weighted by Gasteiger charge is 2.33. The van der Waals surface area contributed by atoms with Crippen molar-refractivity contribution in [1.82, 2.24) is 5.32 Å². The van der Waals surface area contributed by atoms with Gasteiger partial charge in [0.05, 0.1) is 11.6 Å². The third-order valence-corrected chi connectivity index (χ3v) is 4.80.